The van der Waals surface area contributed by atoms with Gasteiger partial charge in [-0.3, -0.25) is 0 Å². The predicted molar refractivity (Wildman–Crippen MR) is 74.6 cm³/mol. The zero-order valence-corrected chi connectivity index (χ0v) is 11.5. The van der Waals surface area contributed by atoms with Gasteiger partial charge in [0.25, 0.3) is 0 Å². The van der Waals surface area contributed by atoms with Crippen molar-refractivity contribution in [2.75, 3.05) is 12.0 Å². The van der Waals surface area contributed by atoms with Gasteiger partial charge in [0.05, 0.1) is 5.69 Å². The highest BCUT2D eigenvalue weighted by Gasteiger charge is 2.14. The molecule has 0 spiro atoms. The zero-order valence-electron chi connectivity index (χ0n) is 11.5. The van der Waals surface area contributed by atoms with Crippen LogP contribution in [0.1, 0.15) is 40.5 Å². The van der Waals surface area contributed by atoms with E-state index < -0.39 is 0 Å². The zero-order chi connectivity index (χ0) is 12.7. The van der Waals surface area contributed by atoms with Gasteiger partial charge >= 0.3 is 0 Å². The molecule has 0 fully saturated rings. The number of anilines is 1. The molecule has 0 atom stereocenters. The molecule has 0 aromatic heterocycles. The maximum atomic E-state index is 3.46. The van der Waals surface area contributed by atoms with E-state index in [1.54, 1.807) is 0 Å². The predicted octanol–water partition coefficient (Wildman–Crippen LogP) is 3.42. The summed E-state index contributed by atoms with van der Waals surface area (Å²) >= 11 is 0. The van der Waals surface area contributed by atoms with Crippen molar-refractivity contribution in [2.24, 2.45) is 0 Å². The number of hydrogen-bond donors (Lipinski definition) is 2. The van der Waals surface area contributed by atoms with Crippen LogP contribution in [0.3, 0.4) is 0 Å². The maximum absolute atomic E-state index is 3.46. The van der Waals surface area contributed by atoms with Crippen molar-refractivity contribution in [3.05, 3.63) is 30.3 Å². The van der Waals surface area contributed by atoms with Crippen LogP contribution in [0.15, 0.2) is 30.3 Å². The van der Waals surface area contributed by atoms with Crippen LogP contribution in [0.25, 0.3) is 0 Å². The third-order valence-electron chi connectivity index (χ3n) is 2.24. The number of unbranched alkanes of at least 4 members (excludes halogenated alkanes) is 1. The van der Waals surface area contributed by atoms with Gasteiger partial charge in [0.1, 0.15) is 0 Å². The lowest BCUT2D eigenvalue weighted by molar-refractivity contribution is 0.158. The first-order chi connectivity index (χ1) is 8.01. The van der Waals surface area contributed by atoms with Gasteiger partial charge < -0.3 is 5.43 Å². The molecule has 3 heteroatoms. The summed E-state index contributed by atoms with van der Waals surface area (Å²) < 4.78 is 0. The van der Waals surface area contributed by atoms with Gasteiger partial charge in [0, 0.05) is 12.1 Å². The number of hydrazine groups is 2. The fourth-order valence-electron chi connectivity index (χ4n) is 1.53. The molecule has 0 aliphatic heterocycles. The first kappa shape index (κ1) is 14.0. The van der Waals surface area contributed by atoms with Crippen molar-refractivity contribution in [1.29, 1.82) is 0 Å². The molecule has 0 saturated carbocycles. The second-order valence-corrected chi connectivity index (χ2v) is 5.34. The average molecular weight is 235 g/mol. The molecule has 0 amide bonds. The molecule has 1 aromatic rings. The Morgan fingerprint density at radius 3 is 2.29 bits per heavy atom. The van der Waals surface area contributed by atoms with Gasteiger partial charge in [-0.05, 0) is 39.3 Å². The topological polar surface area (TPSA) is 27.3 Å². The van der Waals surface area contributed by atoms with Gasteiger partial charge in [0.2, 0.25) is 0 Å². The quantitative estimate of drug-likeness (QED) is 0.740. The van der Waals surface area contributed by atoms with Gasteiger partial charge in [-0.25, -0.2) is 5.43 Å². The van der Waals surface area contributed by atoms with Crippen molar-refractivity contribution < 1.29 is 0 Å². The number of rotatable bonds is 6. The highest BCUT2D eigenvalue weighted by Crippen LogP contribution is 2.08. The van der Waals surface area contributed by atoms with Crippen LogP contribution in [0.2, 0.25) is 0 Å². The van der Waals surface area contributed by atoms with Crippen molar-refractivity contribution >= 4 is 5.69 Å². The van der Waals surface area contributed by atoms with E-state index in [1.165, 1.54) is 12.8 Å². The second kappa shape index (κ2) is 6.62. The Labute approximate surface area is 105 Å². The summed E-state index contributed by atoms with van der Waals surface area (Å²) in [7, 11) is 0. The number of hydrogen-bond acceptors (Lipinski definition) is 3. The largest absolute Gasteiger partial charge is 0.306 e. The Balaban J connectivity index is 2.57. The third kappa shape index (κ3) is 6.29. The van der Waals surface area contributed by atoms with Crippen molar-refractivity contribution in [1.82, 2.24) is 10.5 Å². The molecule has 96 valence electrons. The fourth-order valence-corrected chi connectivity index (χ4v) is 1.53. The average Bonchev–Trinajstić information content (AvgIpc) is 2.25. The van der Waals surface area contributed by atoms with Crippen LogP contribution < -0.4 is 10.9 Å². The van der Waals surface area contributed by atoms with Crippen LogP contribution in [0, 0.1) is 0 Å². The monoisotopic (exact) mass is 235 g/mol. The minimum Gasteiger partial charge on any atom is -0.306 e. The summed E-state index contributed by atoms with van der Waals surface area (Å²) in [5, 5.41) is 2.08. The second-order valence-electron chi connectivity index (χ2n) is 5.34. The molecule has 0 bridgehead atoms. The lowest BCUT2D eigenvalue weighted by Crippen LogP contribution is -2.52. The summed E-state index contributed by atoms with van der Waals surface area (Å²) in [5.41, 5.74) is 8.03. The van der Waals surface area contributed by atoms with E-state index in [9.17, 15) is 0 Å². The molecular weight excluding hydrogens is 210 g/mol. The van der Waals surface area contributed by atoms with E-state index in [2.05, 4.69) is 55.8 Å². The molecule has 17 heavy (non-hydrogen) atoms. The lowest BCUT2D eigenvalue weighted by atomic mass is 10.1. The van der Waals surface area contributed by atoms with Gasteiger partial charge in [-0.15, -0.1) is 0 Å². The summed E-state index contributed by atoms with van der Waals surface area (Å²) in [6.07, 6.45) is 2.36. The van der Waals surface area contributed by atoms with E-state index >= 15 is 0 Å². The van der Waals surface area contributed by atoms with E-state index in [4.69, 9.17) is 0 Å². The molecule has 0 aliphatic carbocycles. The Bertz CT molecular complexity index is 303. The van der Waals surface area contributed by atoms with Crippen molar-refractivity contribution in [3.63, 3.8) is 0 Å². The lowest BCUT2D eigenvalue weighted by Gasteiger charge is -2.32. The number of nitrogens with one attached hydrogen (secondary N) is 2. The third-order valence-corrected chi connectivity index (χ3v) is 2.24. The summed E-state index contributed by atoms with van der Waals surface area (Å²) in [6.45, 7) is 9.69. The number of benzene rings is 1. The first-order valence-electron chi connectivity index (χ1n) is 6.38. The summed E-state index contributed by atoms with van der Waals surface area (Å²) in [4.78, 5) is 0. The van der Waals surface area contributed by atoms with E-state index in [-0.39, 0.29) is 5.54 Å². The Kier molecular flexibility index (Phi) is 5.45. The Morgan fingerprint density at radius 1 is 1.12 bits per heavy atom. The van der Waals surface area contributed by atoms with Crippen LogP contribution in [-0.4, -0.2) is 17.2 Å². The van der Waals surface area contributed by atoms with Gasteiger partial charge in [0.15, 0.2) is 0 Å². The molecule has 0 saturated heterocycles. The molecule has 2 N–H and O–H groups in total. The number of nitrogens with zero attached hydrogens (tertiary/aromatic N) is 1. The van der Waals surface area contributed by atoms with Gasteiger partial charge in [-0.2, -0.15) is 5.12 Å². The minimum absolute atomic E-state index is 0.0650. The molecule has 3 nitrogen and oxygen atoms in total. The summed E-state index contributed by atoms with van der Waals surface area (Å²) in [5.74, 6) is 0. The highest BCUT2D eigenvalue weighted by molar-refractivity contribution is 5.41. The van der Waals surface area contributed by atoms with Crippen LogP contribution in [0.5, 0.6) is 0 Å². The van der Waals surface area contributed by atoms with E-state index in [1.807, 2.05) is 18.2 Å². The highest BCUT2D eigenvalue weighted by atomic mass is 15.7. The molecular formula is C14H25N3. The van der Waals surface area contributed by atoms with E-state index in [0.29, 0.717) is 0 Å². The van der Waals surface area contributed by atoms with E-state index in [0.717, 1.165) is 12.2 Å². The molecule has 0 heterocycles. The van der Waals surface area contributed by atoms with Crippen LogP contribution >= 0.6 is 0 Å². The standard InChI is InChI=1S/C14H25N3/c1-5-6-12-17(16-14(2,3)4)15-13-10-8-7-9-11-13/h7-11,15-16H,5-6,12H2,1-4H3. The van der Waals surface area contributed by atoms with Crippen LogP contribution in [-0.2, 0) is 0 Å². The number of para-hydroxylation sites is 1. The molecule has 1 aromatic carbocycles. The molecule has 1 rings (SSSR count). The molecule has 0 radical (unpaired) electrons. The minimum atomic E-state index is 0.0650. The molecule has 0 unspecified atom stereocenters. The normalized spacial score (nSPS) is 11.8. The fraction of sp³-hybridized carbons (Fsp3) is 0.571. The van der Waals surface area contributed by atoms with Gasteiger partial charge in [-0.1, -0.05) is 31.5 Å². The Morgan fingerprint density at radius 2 is 1.76 bits per heavy atom. The SMILES string of the molecule is CCCCN(Nc1ccccc1)NC(C)(C)C. The summed E-state index contributed by atoms with van der Waals surface area (Å²) in [6, 6.07) is 10.3. The maximum Gasteiger partial charge on any atom is 0.0503 e. The van der Waals surface area contributed by atoms with Crippen molar-refractivity contribution in [3.8, 4) is 0 Å². The first-order valence-corrected chi connectivity index (χ1v) is 6.38. The van der Waals surface area contributed by atoms with Crippen LogP contribution in [0.4, 0.5) is 5.69 Å². The smallest absolute Gasteiger partial charge is 0.0503 e. The molecule has 0 aliphatic rings. The Hall–Kier alpha value is -1.06. The van der Waals surface area contributed by atoms with Crippen molar-refractivity contribution in [2.45, 2.75) is 46.1 Å².